The summed E-state index contributed by atoms with van der Waals surface area (Å²) in [6, 6.07) is 3.29. The molecule has 0 spiro atoms. The van der Waals surface area contributed by atoms with E-state index in [0.717, 1.165) is 22.9 Å². The molecule has 2 aromatic rings. The zero-order valence-corrected chi connectivity index (χ0v) is 19.3. The molecular formula is C22H29N5O6S. The smallest absolute Gasteiger partial charge is 0.326 e. The van der Waals surface area contributed by atoms with Crippen LogP contribution in [0.5, 0.6) is 0 Å². The molecule has 0 aliphatic carbocycles. The number of carboxylic acid groups (broad SMARTS) is 1. The highest BCUT2D eigenvalue weighted by Gasteiger charge is 2.31. The summed E-state index contributed by atoms with van der Waals surface area (Å²) in [6.45, 7) is 0.0305. The van der Waals surface area contributed by atoms with E-state index >= 15 is 0 Å². The number of amides is 3. The number of hydrogen-bond acceptors (Lipinski definition) is 7. The Labute approximate surface area is 201 Å². The van der Waals surface area contributed by atoms with Crippen molar-refractivity contribution in [2.24, 2.45) is 0 Å². The van der Waals surface area contributed by atoms with Crippen molar-refractivity contribution in [3.05, 3.63) is 36.0 Å². The lowest BCUT2D eigenvalue weighted by atomic mass is 10.0. The number of aromatic nitrogens is 1. The van der Waals surface area contributed by atoms with Crippen molar-refractivity contribution in [3.63, 3.8) is 0 Å². The van der Waals surface area contributed by atoms with E-state index in [2.05, 4.69) is 38.9 Å². The Kier molecular flexibility index (Phi) is 8.91. The maximum Gasteiger partial charge on any atom is 0.326 e. The van der Waals surface area contributed by atoms with Gasteiger partial charge < -0.3 is 36.5 Å². The van der Waals surface area contributed by atoms with E-state index in [0.29, 0.717) is 13.0 Å². The lowest BCUT2D eigenvalue weighted by molar-refractivity contribution is -0.142. The number of carbonyl (C=O) groups is 4. The minimum Gasteiger partial charge on any atom is -0.480 e. The molecule has 1 aromatic carbocycles. The zero-order chi connectivity index (χ0) is 24.7. The van der Waals surface area contributed by atoms with Crippen LogP contribution in [0, 0.1) is 0 Å². The fourth-order valence-electron chi connectivity index (χ4n) is 3.83. The van der Waals surface area contributed by atoms with Crippen molar-refractivity contribution < 1.29 is 29.4 Å². The Morgan fingerprint density at radius 2 is 1.76 bits per heavy atom. The number of thiol groups is 1. The number of fused-ring (bicyclic) bond motifs is 1. The van der Waals surface area contributed by atoms with E-state index in [9.17, 15) is 29.4 Å². The molecule has 1 aliphatic heterocycles. The molecule has 4 unspecified atom stereocenters. The predicted octanol–water partition coefficient (Wildman–Crippen LogP) is -1.08. The molecule has 1 saturated heterocycles. The molecule has 4 atom stereocenters. The molecule has 3 amide bonds. The Hall–Kier alpha value is -3.09. The number of H-pyrrole nitrogens is 1. The van der Waals surface area contributed by atoms with Crippen LogP contribution >= 0.6 is 12.6 Å². The summed E-state index contributed by atoms with van der Waals surface area (Å²) in [5.74, 6) is -3.27. The molecule has 7 N–H and O–H groups in total. The first kappa shape index (κ1) is 25.5. The number of carbonyl (C=O) groups excluding carboxylic acids is 3. The van der Waals surface area contributed by atoms with E-state index in [1.165, 1.54) is 0 Å². The lowest BCUT2D eigenvalue weighted by Crippen LogP contribution is -2.58. The van der Waals surface area contributed by atoms with Gasteiger partial charge in [0.15, 0.2) is 0 Å². The van der Waals surface area contributed by atoms with Crippen LogP contribution in [0.3, 0.4) is 0 Å². The van der Waals surface area contributed by atoms with Gasteiger partial charge in [0.1, 0.15) is 18.1 Å². The first-order chi connectivity index (χ1) is 16.3. The molecular weight excluding hydrogens is 462 g/mol. The Morgan fingerprint density at radius 1 is 1.06 bits per heavy atom. The molecule has 1 fully saturated rings. The lowest BCUT2D eigenvalue weighted by Gasteiger charge is -2.23. The molecule has 0 saturated carbocycles. The second-order valence-electron chi connectivity index (χ2n) is 8.10. The van der Waals surface area contributed by atoms with E-state index in [1.54, 1.807) is 6.20 Å². The summed E-state index contributed by atoms with van der Waals surface area (Å²) in [4.78, 5) is 52.5. The molecule has 11 nitrogen and oxygen atoms in total. The van der Waals surface area contributed by atoms with Crippen LogP contribution in [0.1, 0.15) is 18.4 Å². The summed E-state index contributed by atoms with van der Waals surface area (Å²) < 4.78 is 0. The molecule has 2 heterocycles. The molecule has 1 aliphatic rings. The van der Waals surface area contributed by atoms with Gasteiger partial charge in [-0.25, -0.2) is 4.79 Å². The van der Waals surface area contributed by atoms with Gasteiger partial charge in [0.25, 0.3) is 0 Å². The second kappa shape index (κ2) is 11.9. The SMILES string of the molecule is O=C(O)C(Cc1c[nH]c2ccccc12)NC(=O)C(CS)NC(=O)C(CO)NC(=O)C1CCCN1. The zero-order valence-electron chi connectivity index (χ0n) is 18.4. The van der Waals surface area contributed by atoms with Crippen molar-refractivity contribution in [3.8, 4) is 0 Å². The highest BCUT2D eigenvalue weighted by molar-refractivity contribution is 7.80. The Balaban J connectivity index is 1.61. The van der Waals surface area contributed by atoms with Gasteiger partial charge in [-0.3, -0.25) is 14.4 Å². The van der Waals surface area contributed by atoms with Gasteiger partial charge in [0.05, 0.1) is 12.6 Å². The molecule has 3 rings (SSSR count). The van der Waals surface area contributed by atoms with Crippen molar-refractivity contribution in [2.75, 3.05) is 18.9 Å². The normalized spacial score (nSPS) is 18.1. The molecule has 12 heteroatoms. The molecule has 0 bridgehead atoms. The number of rotatable bonds is 11. The predicted molar refractivity (Wildman–Crippen MR) is 127 cm³/mol. The van der Waals surface area contributed by atoms with Gasteiger partial charge in [-0.2, -0.15) is 12.6 Å². The standard InChI is InChI=1S/C22H29N5O6S/c28-10-17(26-19(29)15-6-3-7-23-15)20(30)27-18(11-34)21(31)25-16(22(32)33)8-12-9-24-14-5-2-1-4-13(12)14/h1-2,4-5,9,15-18,23-24,28,34H,3,6-8,10-11H2,(H,25,31)(H,26,29)(H,27,30)(H,32,33). The first-order valence-corrected chi connectivity index (χ1v) is 11.6. The number of hydrogen-bond donors (Lipinski definition) is 8. The van der Waals surface area contributed by atoms with Gasteiger partial charge in [-0.1, -0.05) is 18.2 Å². The van der Waals surface area contributed by atoms with E-state index in [1.807, 2.05) is 24.3 Å². The number of para-hydroxylation sites is 1. The molecule has 0 radical (unpaired) electrons. The van der Waals surface area contributed by atoms with E-state index in [4.69, 9.17) is 0 Å². The number of aliphatic hydroxyl groups is 1. The topological polar surface area (TPSA) is 173 Å². The van der Waals surface area contributed by atoms with Gasteiger partial charge in [-0.05, 0) is 31.0 Å². The average Bonchev–Trinajstić information content (AvgIpc) is 3.50. The molecule has 184 valence electrons. The van der Waals surface area contributed by atoms with Crippen LogP contribution in [-0.2, 0) is 25.6 Å². The van der Waals surface area contributed by atoms with Crippen LogP contribution in [0.25, 0.3) is 10.9 Å². The van der Waals surface area contributed by atoms with Crippen molar-refractivity contribution in [1.82, 2.24) is 26.3 Å². The number of aliphatic carboxylic acids is 1. The summed E-state index contributed by atoms with van der Waals surface area (Å²) >= 11 is 4.09. The number of nitrogens with one attached hydrogen (secondary N) is 5. The maximum absolute atomic E-state index is 12.8. The van der Waals surface area contributed by atoms with Gasteiger partial charge >= 0.3 is 5.97 Å². The summed E-state index contributed by atoms with van der Waals surface area (Å²) in [5.41, 5.74) is 1.57. The monoisotopic (exact) mass is 491 g/mol. The maximum atomic E-state index is 12.8. The van der Waals surface area contributed by atoms with Gasteiger partial charge in [0, 0.05) is 29.3 Å². The highest BCUT2D eigenvalue weighted by atomic mass is 32.1. The summed E-state index contributed by atoms with van der Waals surface area (Å²) in [6.07, 6.45) is 3.18. The van der Waals surface area contributed by atoms with E-state index in [-0.39, 0.29) is 12.2 Å². The van der Waals surface area contributed by atoms with Gasteiger partial charge in [0.2, 0.25) is 17.7 Å². The fourth-order valence-corrected chi connectivity index (χ4v) is 4.09. The first-order valence-electron chi connectivity index (χ1n) is 11.0. The third-order valence-corrected chi connectivity index (χ3v) is 6.09. The number of aliphatic hydroxyl groups excluding tert-OH is 1. The second-order valence-corrected chi connectivity index (χ2v) is 8.46. The van der Waals surface area contributed by atoms with E-state index < -0.39 is 54.5 Å². The highest BCUT2D eigenvalue weighted by Crippen LogP contribution is 2.19. The Bertz CT molecular complexity index is 1040. The fraction of sp³-hybridized carbons (Fsp3) is 0.455. The van der Waals surface area contributed by atoms with Gasteiger partial charge in [-0.15, -0.1) is 0 Å². The van der Waals surface area contributed by atoms with Crippen LogP contribution in [0.2, 0.25) is 0 Å². The number of aromatic amines is 1. The van der Waals surface area contributed by atoms with Crippen LogP contribution in [0.4, 0.5) is 0 Å². The summed E-state index contributed by atoms with van der Waals surface area (Å²) in [5, 5.41) is 30.4. The third kappa shape index (κ3) is 6.27. The van der Waals surface area contributed by atoms with Crippen molar-refractivity contribution >= 4 is 47.2 Å². The molecule has 1 aromatic heterocycles. The van der Waals surface area contributed by atoms with Crippen LogP contribution in [-0.4, -0.2) is 82.0 Å². The van der Waals surface area contributed by atoms with Crippen LogP contribution < -0.4 is 21.3 Å². The van der Waals surface area contributed by atoms with Crippen molar-refractivity contribution in [1.29, 1.82) is 0 Å². The molecule has 34 heavy (non-hydrogen) atoms. The minimum atomic E-state index is -1.26. The number of carboxylic acids is 1. The number of benzene rings is 1. The van der Waals surface area contributed by atoms with Crippen molar-refractivity contribution in [2.45, 2.75) is 43.4 Å². The minimum absolute atomic E-state index is 0.0298. The third-order valence-electron chi connectivity index (χ3n) is 5.72. The summed E-state index contributed by atoms with van der Waals surface area (Å²) in [7, 11) is 0. The van der Waals surface area contributed by atoms with Crippen LogP contribution in [0.15, 0.2) is 30.5 Å². The average molecular weight is 492 g/mol. The Morgan fingerprint density at radius 3 is 2.41 bits per heavy atom. The largest absolute Gasteiger partial charge is 0.480 e. The quantitative estimate of drug-likeness (QED) is 0.185.